The molecule has 0 saturated carbocycles. The maximum atomic E-state index is 13.3. The molecule has 0 radical (unpaired) electrons. The van der Waals surface area contributed by atoms with Crippen molar-refractivity contribution >= 4 is 29.7 Å². The highest BCUT2D eigenvalue weighted by Gasteiger charge is 2.11. The van der Waals surface area contributed by atoms with Crippen LogP contribution in [0, 0.1) is 10.6 Å². The zero-order valence-corrected chi connectivity index (χ0v) is 17.3. The van der Waals surface area contributed by atoms with Crippen molar-refractivity contribution in [1.29, 1.82) is 0 Å². The highest BCUT2D eigenvalue weighted by molar-refractivity contribution is 7.71. The summed E-state index contributed by atoms with van der Waals surface area (Å²) >= 11 is 5.19. The first-order valence-electron chi connectivity index (χ1n) is 9.53. The van der Waals surface area contributed by atoms with E-state index >= 15 is 0 Å². The molecule has 2 amide bonds. The van der Waals surface area contributed by atoms with Gasteiger partial charge in [-0.15, -0.1) is 0 Å². The number of carbonyl (C=O) groups is 2. The number of nitrogens with one attached hydrogen (secondary N) is 3. The van der Waals surface area contributed by atoms with Gasteiger partial charge >= 0.3 is 0 Å². The summed E-state index contributed by atoms with van der Waals surface area (Å²) in [5, 5.41) is 12.4. The lowest BCUT2D eigenvalue weighted by molar-refractivity contribution is -0.121. The molecule has 1 heterocycles. The first-order chi connectivity index (χ1) is 14.5. The summed E-state index contributed by atoms with van der Waals surface area (Å²) in [5.74, 6) is -0.328. The molecule has 3 aromatic rings. The van der Waals surface area contributed by atoms with Gasteiger partial charge in [-0.1, -0.05) is 25.1 Å². The van der Waals surface area contributed by atoms with Crippen LogP contribution in [-0.2, 0) is 24.3 Å². The second kappa shape index (κ2) is 9.93. The number of anilines is 1. The number of aryl methyl sites for hydroxylation is 1. The van der Waals surface area contributed by atoms with E-state index in [1.165, 1.54) is 24.3 Å². The van der Waals surface area contributed by atoms with Crippen LogP contribution in [-0.4, -0.2) is 26.6 Å². The van der Waals surface area contributed by atoms with Crippen LogP contribution in [0.3, 0.4) is 0 Å². The molecule has 3 rings (SSSR count). The van der Waals surface area contributed by atoms with Crippen LogP contribution in [0.1, 0.15) is 35.1 Å². The largest absolute Gasteiger partial charge is 0.350 e. The zero-order chi connectivity index (χ0) is 21.5. The fourth-order valence-electron chi connectivity index (χ4n) is 2.92. The Kier molecular flexibility index (Phi) is 7.08. The smallest absolute Gasteiger partial charge is 0.255 e. The number of hydrogen-bond donors (Lipinski definition) is 3. The summed E-state index contributed by atoms with van der Waals surface area (Å²) < 4.78 is 15.4. The van der Waals surface area contributed by atoms with Crippen LogP contribution in [0.5, 0.6) is 0 Å². The van der Waals surface area contributed by atoms with E-state index in [0.717, 1.165) is 24.2 Å². The third kappa shape index (κ3) is 5.60. The van der Waals surface area contributed by atoms with Crippen molar-refractivity contribution in [3.8, 4) is 0 Å². The molecule has 0 aliphatic carbocycles. The van der Waals surface area contributed by atoms with Gasteiger partial charge in [0.25, 0.3) is 5.91 Å². The van der Waals surface area contributed by atoms with Crippen molar-refractivity contribution < 1.29 is 14.0 Å². The summed E-state index contributed by atoms with van der Waals surface area (Å²) in [6, 6.07) is 12.6. The minimum atomic E-state index is -0.473. The first-order valence-corrected chi connectivity index (χ1v) is 9.93. The van der Waals surface area contributed by atoms with Crippen molar-refractivity contribution in [2.24, 2.45) is 0 Å². The molecule has 0 atom stereocenters. The standard InChI is InChI=1S/C21H22FN5O2S/c1-2-5-18-25-26-21(30)27(18)13-19(28)23-12-14-6-3-9-17(10-14)24-20(29)15-7-4-8-16(22)11-15/h3-4,6-11H,2,5,12-13H2,1H3,(H,23,28)(H,24,29)(H,26,30). The molecule has 3 N–H and O–H groups in total. The number of rotatable bonds is 8. The Bertz CT molecular complexity index is 1110. The van der Waals surface area contributed by atoms with Gasteiger partial charge in [-0.05, 0) is 54.5 Å². The van der Waals surface area contributed by atoms with E-state index in [9.17, 15) is 14.0 Å². The van der Waals surface area contributed by atoms with Crippen LogP contribution in [0.4, 0.5) is 10.1 Å². The lowest BCUT2D eigenvalue weighted by Crippen LogP contribution is -2.28. The maximum Gasteiger partial charge on any atom is 0.255 e. The number of aromatic amines is 1. The summed E-state index contributed by atoms with van der Waals surface area (Å²) in [7, 11) is 0. The second-order valence-electron chi connectivity index (χ2n) is 6.72. The number of halogens is 1. The number of carbonyl (C=O) groups excluding carboxylic acids is 2. The van der Waals surface area contributed by atoms with Gasteiger partial charge < -0.3 is 10.6 Å². The van der Waals surface area contributed by atoms with Gasteiger partial charge in [-0.2, -0.15) is 5.10 Å². The molecule has 30 heavy (non-hydrogen) atoms. The van der Waals surface area contributed by atoms with Crippen LogP contribution in [0.2, 0.25) is 0 Å². The average molecular weight is 428 g/mol. The number of nitrogens with zero attached hydrogens (tertiary/aromatic N) is 2. The molecule has 0 bridgehead atoms. The highest BCUT2D eigenvalue weighted by Crippen LogP contribution is 2.13. The average Bonchev–Trinajstić information content (AvgIpc) is 3.06. The van der Waals surface area contributed by atoms with E-state index in [4.69, 9.17) is 12.2 Å². The van der Waals surface area contributed by atoms with Crippen molar-refractivity contribution in [3.63, 3.8) is 0 Å². The lowest BCUT2D eigenvalue weighted by Gasteiger charge is -2.10. The molecule has 0 unspecified atom stereocenters. The molecule has 0 aliphatic rings. The summed E-state index contributed by atoms with van der Waals surface area (Å²) in [5.41, 5.74) is 1.59. The van der Waals surface area contributed by atoms with Crippen molar-refractivity contribution in [2.75, 3.05) is 5.32 Å². The van der Waals surface area contributed by atoms with Gasteiger partial charge in [-0.3, -0.25) is 19.3 Å². The second-order valence-corrected chi connectivity index (χ2v) is 7.11. The summed E-state index contributed by atoms with van der Waals surface area (Å²) in [6.07, 6.45) is 1.63. The molecule has 2 aromatic carbocycles. The molecule has 0 saturated heterocycles. The molecule has 9 heteroatoms. The Balaban J connectivity index is 1.59. The van der Waals surface area contributed by atoms with Crippen LogP contribution < -0.4 is 10.6 Å². The van der Waals surface area contributed by atoms with E-state index in [1.807, 2.05) is 13.0 Å². The van der Waals surface area contributed by atoms with E-state index in [0.29, 0.717) is 10.5 Å². The topological polar surface area (TPSA) is 91.8 Å². The Morgan fingerprint density at radius 2 is 2.00 bits per heavy atom. The number of aromatic nitrogens is 3. The van der Waals surface area contributed by atoms with E-state index in [1.54, 1.807) is 22.8 Å². The van der Waals surface area contributed by atoms with E-state index < -0.39 is 11.7 Å². The SMILES string of the molecule is CCCc1n[nH]c(=S)n1CC(=O)NCc1cccc(NC(=O)c2cccc(F)c2)c1. The summed E-state index contributed by atoms with van der Waals surface area (Å²) in [6.45, 7) is 2.40. The first kappa shape index (κ1) is 21.4. The number of H-pyrrole nitrogens is 1. The Hall–Kier alpha value is -3.33. The molecule has 0 fully saturated rings. The Morgan fingerprint density at radius 3 is 2.77 bits per heavy atom. The van der Waals surface area contributed by atoms with E-state index in [-0.39, 0.29) is 24.6 Å². The van der Waals surface area contributed by atoms with Gasteiger partial charge in [0.15, 0.2) is 4.77 Å². The maximum absolute atomic E-state index is 13.3. The lowest BCUT2D eigenvalue weighted by atomic mass is 10.1. The minimum absolute atomic E-state index is 0.0840. The number of hydrogen-bond acceptors (Lipinski definition) is 4. The highest BCUT2D eigenvalue weighted by atomic mass is 32.1. The fraction of sp³-hybridized carbons (Fsp3) is 0.238. The molecule has 1 aromatic heterocycles. The van der Waals surface area contributed by atoms with Gasteiger partial charge in [0.1, 0.15) is 18.2 Å². The molecule has 156 valence electrons. The molecule has 0 spiro atoms. The van der Waals surface area contributed by atoms with E-state index in [2.05, 4.69) is 20.8 Å². The van der Waals surface area contributed by atoms with Crippen LogP contribution >= 0.6 is 12.2 Å². The fourth-order valence-corrected chi connectivity index (χ4v) is 3.14. The monoisotopic (exact) mass is 427 g/mol. The van der Waals surface area contributed by atoms with Crippen molar-refractivity contribution in [2.45, 2.75) is 32.9 Å². The van der Waals surface area contributed by atoms with Gasteiger partial charge in [0.2, 0.25) is 5.91 Å². The molecular formula is C21H22FN5O2S. The Labute approximate surface area is 178 Å². The quantitative estimate of drug-likeness (QED) is 0.479. The van der Waals surface area contributed by atoms with Crippen LogP contribution in [0.25, 0.3) is 0 Å². The normalized spacial score (nSPS) is 10.6. The number of amides is 2. The molecular weight excluding hydrogens is 405 g/mol. The zero-order valence-electron chi connectivity index (χ0n) is 16.4. The minimum Gasteiger partial charge on any atom is -0.350 e. The number of benzene rings is 2. The predicted molar refractivity (Wildman–Crippen MR) is 114 cm³/mol. The van der Waals surface area contributed by atoms with Gasteiger partial charge in [0, 0.05) is 24.2 Å². The summed E-state index contributed by atoms with van der Waals surface area (Å²) in [4.78, 5) is 24.6. The van der Waals surface area contributed by atoms with Crippen LogP contribution in [0.15, 0.2) is 48.5 Å². The van der Waals surface area contributed by atoms with Gasteiger partial charge in [0.05, 0.1) is 0 Å². The Morgan fingerprint density at radius 1 is 1.20 bits per heavy atom. The third-order valence-corrected chi connectivity index (χ3v) is 4.69. The van der Waals surface area contributed by atoms with Crippen molar-refractivity contribution in [3.05, 3.63) is 76.1 Å². The third-order valence-electron chi connectivity index (χ3n) is 4.37. The van der Waals surface area contributed by atoms with Crippen molar-refractivity contribution in [1.82, 2.24) is 20.1 Å². The molecule has 7 nitrogen and oxygen atoms in total. The van der Waals surface area contributed by atoms with Gasteiger partial charge in [-0.25, -0.2) is 4.39 Å². The predicted octanol–water partition coefficient (Wildman–Crippen LogP) is 3.60. The molecule has 0 aliphatic heterocycles.